The summed E-state index contributed by atoms with van der Waals surface area (Å²) >= 11 is 0. The van der Waals surface area contributed by atoms with Gasteiger partial charge in [-0.25, -0.2) is 4.79 Å². The third-order valence-electron chi connectivity index (χ3n) is 2.27. The molecule has 0 spiro atoms. The summed E-state index contributed by atoms with van der Waals surface area (Å²) in [4.78, 5) is 10.6. The van der Waals surface area contributed by atoms with Crippen LogP contribution in [0.15, 0.2) is 0 Å². The zero-order valence-electron chi connectivity index (χ0n) is 7.52. The molecule has 0 bridgehead atoms. The quantitative estimate of drug-likeness (QED) is 0.280. The van der Waals surface area contributed by atoms with Crippen LogP contribution in [0.2, 0.25) is 0 Å². The second kappa shape index (κ2) is 4.00. The van der Waals surface area contributed by atoms with Crippen molar-refractivity contribution in [1.29, 1.82) is 0 Å². The molecule has 8 nitrogen and oxygen atoms in total. The Balaban J connectivity index is 2.97. The number of aliphatic hydroxyl groups excluding tert-OH is 4. The van der Waals surface area contributed by atoms with Crippen LogP contribution in [0.3, 0.4) is 0 Å². The number of rotatable bonds is 2. The normalized spacial score (nSPS) is 46.5. The molecule has 15 heavy (non-hydrogen) atoms. The van der Waals surface area contributed by atoms with Crippen molar-refractivity contribution in [2.45, 2.75) is 30.2 Å². The van der Waals surface area contributed by atoms with Crippen molar-refractivity contribution in [2.75, 3.05) is 6.61 Å². The second-order valence-corrected chi connectivity index (χ2v) is 3.27. The van der Waals surface area contributed by atoms with Crippen molar-refractivity contribution in [1.82, 2.24) is 0 Å². The van der Waals surface area contributed by atoms with Gasteiger partial charge in [0, 0.05) is 0 Å². The lowest BCUT2D eigenvalue weighted by Gasteiger charge is -2.42. The second-order valence-electron chi connectivity index (χ2n) is 3.27. The van der Waals surface area contributed by atoms with Crippen molar-refractivity contribution in [3.63, 3.8) is 0 Å². The van der Waals surface area contributed by atoms with Gasteiger partial charge in [-0.1, -0.05) is 0 Å². The standard InChI is InChI=1S/C7H12O8/c8-1-2-3(9)4(10)5(11)7(14,15-2)6(12)13/h2-5,8-11,14H,1H2,(H,12,13)/t2-,3-,4+,5-,7-/m1/s1. The van der Waals surface area contributed by atoms with Gasteiger partial charge in [0.2, 0.25) is 0 Å². The van der Waals surface area contributed by atoms with E-state index in [1.165, 1.54) is 0 Å². The van der Waals surface area contributed by atoms with Crippen LogP contribution in [0.25, 0.3) is 0 Å². The topological polar surface area (TPSA) is 148 Å². The molecule has 0 aromatic heterocycles. The van der Waals surface area contributed by atoms with Crippen LogP contribution in [-0.2, 0) is 9.53 Å². The molecule has 88 valence electrons. The first-order chi connectivity index (χ1) is 6.84. The number of aliphatic hydroxyl groups is 5. The average molecular weight is 224 g/mol. The van der Waals surface area contributed by atoms with E-state index in [4.69, 9.17) is 10.2 Å². The van der Waals surface area contributed by atoms with Crippen LogP contribution in [0.1, 0.15) is 0 Å². The fraction of sp³-hybridized carbons (Fsp3) is 0.857. The van der Waals surface area contributed by atoms with E-state index in [0.29, 0.717) is 0 Å². The summed E-state index contributed by atoms with van der Waals surface area (Å²) in [5.41, 5.74) is 0. The molecule has 8 heteroatoms. The highest BCUT2D eigenvalue weighted by Crippen LogP contribution is 2.28. The maximum absolute atomic E-state index is 10.6. The van der Waals surface area contributed by atoms with Gasteiger partial charge in [0.25, 0.3) is 5.79 Å². The number of hydrogen-bond acceptors (Lipinski definition) is 7. The highest BCUT2D eigenvalue weighted by molar-refractivity contribution is 5.76. The number of carboxylic acids is 1. The summed E-state index contributed by atoms with van der Waals surface area (Å²) in [7, 11) is 0. The van der Waals surface area contributed by atoms with Gasteiger partial charge >= 0.3 is 5.97 Å². The molecule has 1 aliphatic rings. The maximum Gasteiger partial charge on any atom is 0.367 e. The molecule has 1 rings (SSSR count). The Morgan fingerprint density at radius 1 is 1.27 bits per heavy atom. The van der Waals surface area contributed by atoms with Crippen molar-refractivity contribution in [3.05, 3.63) is 0 Å². The summed E-state index contributed by atoms with van der Waals surface area (Å²) in [6, 6.07) is 0. The molecular formula is C7H12O8. The zero-order valence-corrected chi connectivity index (χ0v) is 7.52. The molecule has 0 unspecified atom stereocenters. The Morgan fingerprint density at radius 2 is 1.80 bits per heavy atom. The van der Waals surface area contributed by atoms with Crippen molar-refractivity contribution in [3.8, 4) is 0 Å². The largest absolute Gasteiger partial charge is 0.477 e. The molecule has 1 fully saturated rings. The van der Waals surface area contributed by atoms with Crippen molar-refractivity contribution in [2.24, 2.45) is 0 Å². The van der Waals surface area contributed by atoms with Gasteiger partial charge in [-0.3, -0.25) is 0 Å². The molecule has 5 atom stereocenters. The number of carboxylic acid groups (broad SMARTS) is 1. The Morgan fingerprint density at radius 3 is 2.20 bits per heavy atom. The fourth-order valence-corrected chi connectivity index (χ4v) is 1.33. The van der Waals surface area contributed by atoms with E-state index in [0.717, 1.165) is 0 Å². The minimum absolute atomic E-state index is 0.805. The third-order valence-corrected chi connectivity index (χ3v) is 2.27. The molecule has 1 aliphatic heterocycles. The molecule has 1 saturated heterocycles. The van der Waals surface area contributed by atoms with Gasteiger partial charge in [-0.15, -0.1) is 0 Å². The first-order valence-electron chi connectivity index (χ1n) is 4.13. The van der Waals surface area contributed by atoms with E-state index >= 15 is 0 Å². The number of hydrogen-bond donors (Lipinski definition) is 6. The van der Waals surface area contributed by atoms with Gasteiger partial charge in [0.1, 0.15) is 24.4 Å². The first-order valence-corrected chi connectivity index (χ1v) is 4.13. The van der Waals surface area contributed by atoms with Crippen LogP contribution >= 0.6 is 0 Å². The Labute approximate surface area is 84.0 Å². The highest BCUT2D eigenvalue weighted by Gasteiger charge is 2.57. The smallest absolute Gasteiger partial charge is 0.367 e. The van der Waals surface area contributed by atoms with Crippen LogP contribution in [-0.4, -0.2) is 73.4 Å². The van der Waals surface area contributed by atoms with Gasteiger partial charge in [0.05, 0.1) is 6.61 Å². The number of ether oxygens (including phenoxy) is 1. The van der Waals surface area contributed by atoms with Gasteiger partial charge < -0.3 is 35.4 Å². The summed E-state index contributed by atoms with van der Waals surface area (Å²) in [5, 5.41) is 54.3. The highest BCUT2D eigenvalue weighted by atomic mass is 16.7. The van der Waals surface area contributed by atoms with Crippen LogP contribution in [0, 0.1) is 0 Å². The van der Waals surface area contributed by atoms with Gasteiger partial charge in [-0.05, 0) is 0 Å². The monoisotopic (exact) mass is 224 g/mol. The molecule has 0 amide bonds. The van der Waals surface area contributed by atoms with E-state index in [1.54, 1.807) is 0 Å². The van der Waals surface area contributed by atoms with Gasteiger partial charge in [-0.2, -0.15) is 0 Å². The predicted octanol–water partition coefficient (Wildman–Crippen LogP) is -3.77. The minimum Gasteiger partial charge on any atom is -0.477 e. The van der Waals surface area contributed by atoms with E-state index in [-0.39, 0.29) is 0 Å². The Bertz CT molecular complexity index is 253. The van der Waals surface area contributed by atoms with E-state index in [1.807, 2.05) is 0 Å². The first kappa shape index (κ1) is 12.3. The molecule has 0 saturated carbocycles. The molecule has 0 radical (unpaired) electrons. The van der Waals surface area contributed by atoms with Gasteiger partial charge in [0.15, 0.2) is 0 Å². The molecule has 1 heterocycles. The number of carbonyl (C=O) groups is 1. The lowest BCUT2D eigenvalue weighted by molar-refractivity contribution is -0.337. The average Bonchev–Trinajstić information content (AvgIpc) is 2.20. The number of aliphatic carboxylic acids is 1. The summed E-state index contributed by atoms with van der Waals surface area (Å²) < 4.78 is 4.43. The molecule has 0 aliphatic carbocycles. The minimum atomic E-state index is -3.04. The summed E-state index contributed by atoms with van der Waals surface area (Å²) in [6.07, 6.45) is -7.28. The van der Waals surface area contributed by atoms with E-state index in [9.17, 15) is 25.2 Å². The summed E-state index contributed by atoms with van der Waals surface area (Å²) in [6.45, 7) is -0.805. The predicted molar refractivity (Wildman–Crippen MR) is 42.6 cm³/mol. The van der Waals surface area contributed by atoms with Crippen LogP contribution in [0.5, 0.6) is 0 Å². The van der Waals surface area contributed by atoms with E-state index < -0.39 is 42.8 Å². The Kier molecular flexibility index (Phi) is 3.28. The molecule has 0 aromatic carbocycles. The van der Waals surface area contributed by atoms with Crippen molar-refractivity contribution < 1.29 is 40.2 Å². The lowest BCUT2D eigenvalue weighted by Crippen LogP contribution is -2.68. The van der Waals surface area contributed by atoms with Crippen LogP contribution < -0.4 is 0 Å². The molecular weight excluding hydrogens is 212 g/mol. The third kappa shape index (κ3) is 1.83. The lowest BCUT2D eigenvalue weighted by atomic mass is 9.93. The van der Waals surface area contributed by atoms with E-state index in [2.05, 4.69) is 4.74 Å². The molecule has 0 aromatic rings. The Hall–Kier alpha value is -0.770. The maximum atomic E-state index is 10.6. The SMILES string of the molecule is O=C(O)[C@]1(O)O[C@H](CO)[C@@H](O)[C@H](O)[C@H]1O. The fourth-order valence-electron chi connectivity index (χ4n) is 1.33. The zero-order chi connectivity index (χ0) is 11.8. The summed E-state index contributed by atoms with van der Waals surface area (Å²) in [5.74, 6) is -4.95. The van der Waals surface area contributed by atoms with Crippen LogP contribution in [0.4, 0.5) is 0 Å². The van der Waals surface area contributed by atoms with Crippen molar-refractivity contribution >= 4 is 5.97 Å². The molecule has 6 N–H and O–H groups in total.